The lowest BCUT2D eigenvalue weighted by Gasteiger charge is -2.24. The third-order valence-corrected chi connectivity index (χ3v) is 5.37. The van der Waals surface area contributed by atoms with Gasteiger partial charge in [0.15, 0.2) is 0 Å². The SMILES string of the molecule is CC(=O)NC[C@H]1CN(c2ccc(N3CCON(C(=O)c4ccncc4)CC3)c(F)c2)C(=O)O1. The van der Waals surface area contributed by atoms with Gasteiger partial charge in [0, 0.05) is 38.0 Å². The first-order chi connectivity index (χ1) is 15.9. The Morgan fingerprint density at radius 3 is 2.70 bits per heavy atom. The maximum absolute atomic E-state index is 15.0. The van der Waals surface area contributed by atoms with Crippen molar-refractivity contribution in [2.75, 3.05) is 49.1 Å². The number of carbonyl (C=O) groups excluding carboxylic acids is 3. The summed E-state index contributed by atoms with van der Waals surface area (Å²) in [5.41, 5.74) is 1.18. The Morgan fingerprint density at radius 1 is 1.18 bits per heavy atom. The molecule has 2 aliphatic heterocycles. The van der Waals surface area contributed by atoms with E-state index in [1.54, 1.807) is 29.2 Å². The summed E-state index contributed by atoms with van der Waals surface area (Å²) in [5, 5.41) is 3.88. The second-order valence-corrected chi connectivity index (χ2v) is 7.65. The summed E-state index contributed by atoms with van der Waals surface area (Å²) < 4.78 is 20.2. The molecule has 2 aromatic rings. The Labute approximate surface area is 189 Å². The zero-order valence-electron chi connectivity index (χ0n) is 18.1. The smallest absolute Gasteiger partial charge is 0.414 e. The van der Waals surface area contributed by atoms with E-state index >= 15 is 4.39 Å². The lowest BCUT2D eigenvalue weighted by Crippen LogP contribution is -2.34. The van der Waals surface area contributed by atoms with Gasteiger partial charge in [-0.15, -0.1) is 0 Å². The summed E-state index contributed by atoms with van der Waals surface area (Å²) in [6, 6.07) is 7.74. The highest BCUT2D eigenvalue weighted by atomic mass is 19.1. The number of ether oxygens (including phenoxy) is 1. The van der Waals surface area contributed by atoms with Crippen molar-refractivity contribution in [3.8, 4) is 0 Å². The van der Waals surface area contributed by atoms with Crippen molar-refractivity contribution in [1.29, 1.82) is 0 Å². The van der Waals surface area contributed by atoms with E-state index in [1.807, 2.05) is 0 Å². The van der Waals surface area contributed by atoms with Gasteiger partial charge in [-0.25, -0.2) is 14.2 Å². The van der Waals surface area contributed by atoms with Crippen LogP contribution < -0.4 is 15.1 Å². The number of anilines is 2. The van der Waals surface area contributed by atoms with Crippen molar-refractivity contribution in [3.63, 3.8) is 0 Å². The molecule has 1 aromatic carbocycles. The van der Waals surface area contributed by atoms with Crippen LogP contribution in [-0.4, -0.2) is 73.4 Å². The quantitative estimate of drug-likeness (QED) is 0.727. The molecule has 2 aliphatic rings. The largest absolute Gasteiger partial charge is 0.442 e. The van der Waals surface area contributed by atoms with E-state index in [0.29, 0.717) is 30.0 Å². The maximum Gasteiger partial charge on any atom is 0.414 e. The van der Waals surface area contributed by atoms with Crippen molar-refractivity contribution in [2.45, 2.75) is 13.0 Å². The van der Waals surface area contributed by atoms with Crippen molar-refractivity contribution >= 4 is 29.3 Å². The maximum atomic E-state index is 15.0. The molecule has 174 valence electrons. The number of benzene rings is 1. The summed E-state index contributed by atoms with van der Waals surface area (Å²) in [5.74, 6) is -1.00. The lowest BCUT2D eigenvalue weighted by atomic mass is 10.2. The minimum Gasteiger partial charge on any atom is -0.442 e. The van der Waals surface area contributed by atoms with E-state index in [2.05, 4.69) is 10.3 Å². The van der Waals surface area contributed by atoms with E-state index in [-0.39, 0.29) is 38.1 Å². The molecule has 1 N–H and O–H groups in total. The highest BCUT2D eigenvalue weighted by Gasteiger charge is 2.33. The number of carbonyl (C=O) groups is 3. The minimum absolute atomic E-state index is 0.195. The fourth-order valence-electron chi connectivity index (χ4n) is 3.71. The monoisotopic (exact) mass is 457 g/mol. The van der Waals surface area contributed by atoms with E-state index in [9.17, 15) is 14.4 Å². The number of rotatable bonds is 5. The van der Waals surface area contributed by atoms with Crippen molar-refractivity contribution in [3.05, 3.63) is 54.1 Å². The van der Waals surface area contributed by atoms with Gasteiger partial charge in [0.1, 0.15) is 11.9 Å². The zero-order chi connectivity index (χ0) is 23.4. The summed E-state index contributed by atoms with van der Waals surface area (Å²) in [4.78, 5) is 48.5. The molecule has 10 nitrogen and oxygen atoms in total. The fourth-order valence-corrected chi connectivity index (χ4v) is 3.71. The van der Waals surface area contributed by atoms with Crippen LogP contribution in [0, 0.1) is 5.82 Å². The molecule has 0 spiro atoms. The molecule has 3 amide bonds. The van der Waals surface area contributed by atoms with Crippen molar-refractivity contribution in [1.82, 2.24) is 15.4 Å². The highest BCUT2D eigenvalue weighted by Crippen LogP contribution is 2.28. The number of hydrogen-bond donors (Lipinski definition) is 1. The number of nitrogens with one attached hydrogen (secondary N) is 1. The summed E-state index contributed by atoms with van der Waals surface area (Å²) in [6.07, 6.45) is 1.97. The molecule has 1 atom stereocenters. The second kappa shape index (κ2) is 9.82. The number of hydrogen-bond acceptors (Lipinski definition) is 7. The standard InChI is InChI=1S/C22H24FN5O5/c1-15(29)25-13-18-14-27(22(31)33-18)17-2-3-20(19(23)12-17)26-8-9-28(32-11-10-26)21(30)16-4-6-24-7-5-16/h2-7,12,18H,8-11,13-14H2,1H3,(H,25,29)/t18-/m0/s1. The predicted molar refractivity (Wildman–Crippen MR) is 116 cm³/mol. The van der Waals surface area contributed by atoms with Crippen LogP contribution in [0.2, 0.25) is 0 Å². The van der Waals surface area contributed by atoms with E-state index in [1.165, 1.54) is 35.3 Å². The average Bonchev–Trinajstić information content (AvgIpc) is 3.02. The first-order valence-corrected chi connectivity index (χ1v) is 10.5. The molecule has 2 saturated heterocycles. The normalized spacial score (nSPS) is 18.7. The van der Waals surface area contributed by atoms with Crippen LogP contribution in [0.3, 0.4) is 0 Å². The molecule has 11 heteroatoms. The Balaban J connectivity index is 1.40. The van der Waals surface area contributed by atoms with E-state index in [4.69, 9.17) is 9.57 Å². The summed E-state index contributed by atoms with van der Waals surface area (Å²) in [7, 11) is 0. The van der Waals surface area contributed by atoms with Crippen LogP contribution in [0.25, 0.3) is 0 Å². The molecular weight excluding hydrogens is 433 g/mol. The first-order valence-electron chi connectivity index (χ1n) is 10.5. The predicted octanol–water partition coefficient (Wildman–Crippen LogP) is 1.58. The molecule has 33 heavy (non-hydrogen) atoms. The molecule has 0 unspecified atom stereocenters. The van der Waals surface area contributed by atoms with Crippen molar-refractivity contribution in [2.24, 2.45) is 0 Å². The third kappa shape index (κ3) is 5.20. The number of aromatic nitrogens is 1. The second-order valence-electron chi connectivity index (χ2n) is 7.65. The van der Waals surface area contributed by atoms with Gasteiger partial charge in [-0.05, 0) is 30.3 Å². The lowest BCUT2D eigenvalue weighted by molar-refractivity contribution is -0.119. The number of halogens is 1. The van der Waals surface area contributed by atoms with Crippen LogP contribution in [-0.2, 0) is 14.4 Å². The highest BCUT2D eigenvalue weighted by molar-refractivity contribution is 5.93. The molecule has 1 aromatic heterocycles. The molecule has 0 aliphatic carbocycles. The van der Waals surface area contributed by atoms with Crippen LogP contribution in [0.4, 0.5) is 20.6 Å². The molecule has 0 bridgehead atoms. The Morgan fingerprint density at radius 2 is 1.97 bits per heavy atom. The van der Waals surface area contributed by atoms with E-state index in [0.717, 1.165) is 0 Å². The molecular formula is C22H24FN5O5. The third-order valence-electron chi connectivity index (χ3n) is 5.37. The molecule has 0 radical (unpaired) electrons. The van der Waals surface area contributed by atoms with E-state index < -0.39 is 18.0 Å². The topological polar surface area (TPSA) is 104 Å². The average molecular weight is 457 g/mol. The minimum atomic E-state index is -0.592. The molecule has 3 heterocycles. The van der Waals surface area contributed by atoms with Gasteiger partial charge in [-0.3, -0.25) is 24.3 Å². The molecule has 4 rings (SSSR count). The van der Waals surface area contributed by atoms with Gasteiger partial charge >= 0.3 is 6.09 Å². The number of hydroxylamine groups is 2. The van der Waals surface area contributed by atoms with Gasteiger partial charge in [-0.1, -0.05) is 0 Å². The van der Waals surface area contributed by atoms with Crippen LogP contribution in [0.15, 0.2) is 42.7 Å². The van der Waals surface area contributed by atoms with Crippen LogP contribution in [0.1, 0.15) is 17.3 Å². The van der Waals surface area contributed by atoms with Gasteiger partial charge in [-0.2, -0.15) is 0 Å². The zero-order valence-corrected chi connectivity index (χ0v) is 18.1. The Kier molecular flexibility index (Phi) is 6.68. The first kappa shape index (κ1) is 22.5. The van der Waals surface area contributed by atoms with Crippen LogP contribution in [0.5, 0.6) is 0 Å². The Bertz CT molecular complexity index is 1040. The number of amides is 3. The molecule has 0 saturated carbocycles. The summed E-state index contributed by atoms with van der Waals surface area (Å²) >= 11 is 0. The Hall–Kier alpha value is -3.73. The summed E-state index contributed by atoms with van der Waals surface area (Å²) in [6.45, 7) is 3.01. The van der Waals surface area contributed by atoms with Gasteiger partial charge < -0.3 is 15.0 Å². The fraction of sp³-hybridized carbons (Fsp3) is 0.364. The van der Waals surface area contributed by atoms with Crippen LogP contribution >= 0.6 is 0 Å². The number of pyridine rings is 1. The van der Waals surface area contributed by atoms with Gasteiger partial charge in [0.05, 0.1) is 37.6 Å². The van der Waals surface area contributed by atoms with Gasteiger partial charge in [0.25, 0.3) is 5.91 Å². The number of nitrogens with zero attached hydrogens (tertiary/aromatic N) is 4. The molecule has 2 fully saturated rings. The number of cyclic esters (lactones) is 1. The van der Waals surface area contributed by atoms with Crippen molar-refractivity contribution < 1.29 is 28.3 Å². The van der Waals surface area contributed by atoms with Gasteiger partial charge in [0.2, 0.25) is 5.91 Å².